The Morgan fingerprint density at radius 2 is 1.81 bits per heavy atom. The zero-order valence-corrected chi connectivity index (χ0v) is 17.6. The summed E-state index contributed by atoms with van der Waals surface area (Å²) in [6.07, 6.45) is -4.57. The SMILES string of the molecule is COc1ccc([C@@H]2Nn3c(C)ccc3S[C@H]2C(=O)Nc2ccccc2C(F)(F)F)cc1. The number of nitrogens with zero attached hydrogens (tertiary/aromatic N) is 1. The maximum Gasteiger partial charge on any atom is 0.418 e. The number of carbonyl (C=O) groups excluding carboxylic acids is 1. The molecule has 2 heterocycles. The van der Waals surface area contributed by atoms with Crippen molar-refractivity contribution in [3.8, 4) is 5.75 Å². The van der Waals surface area contributed by atoms with Crippen LogP contribution in [0.4, 0.5) is 18.9 Å². The van der Waals surface area contributed by atoms with Crippen molar-refractivity contribution in [2.45, 2.75) is 29.4 Å². The number of aromatic nitrogens is 1. The first-order chi connectivity index (χ1) is 14.8. The van der Waals surface area contributed by atoms with Gasteiger partial charge in [-0.15, -0.1) is 0 Å². The summed E-state index contributed by atoms with van der Waals surface area (Å²) in [5.41, 5.74) is 3.97. The van der Waals surface area contributed by atoms with E-state index >= 15 is 0 Å². The normalized spacial score (nSPS) is 18.1. The Balaban J connectivity index is 1.68. The van der Waals surface area contributed by atoms with E-state index in [4.69, 9.17) is 4.74 Å². The number of alkyl halides is 3. The van der Waals surface area contributed by atoms with E-state index in [1.165, 1.54) is 30.0 Å². The minimum atomic E-state index is -4.57. The van der Waals surface area contributed by atoms with Crippen molar-refractivity contribution in [3.63, 3.8) is 0 Å². The Bertz CT molecular complexity index is 1100. The molecule has 0 aliphatic carbocycles. The zero-order chi connectivity index (χ0) is 22.2. The first-order valence-corrected chi connectivity index (χ1v) is 10.4. The number of ether oxygens (including phenoxy) is 1. The second-order valence-corrected chi connectivity index (χ2v) is 8.26. The molecule has 2 aromatic carbocycles. The number of para-hydroxylation sites is 1. The van der Waals surface area contributed by atoms with Gasteiger partial charge in [-0.2, -0.15) is 13.2 Å². The van der Waals surface area contributed by atoms with Crippen LogP contribution in [0.1, 0.15) is 22.9 Å². The van der Waals surface area contributed by atoms with Crippen LogP contribution in [0, 0.1) is 6.92 Å². The number of thioether (sulfide) groups is 1. The number of halogens is 3. The average molecular weight is 447 g/mol. The third kappa shape index (κ3) is 4.23. The van der Waals surface area contributed by atoms with E-state index in [-0.39, 0.29) is 5.69 Å². The van der Waals surface area contributed by atoms with E-state index in [1.807, 2.05) is 35.9 Å². The fraction of sp³-hybridized carbons (Fsp3) is 0.227. The largest absolute Gasteiger partial charge is 0.497 e. The third-order valence-electron chi connectivity index (χ3n) is 5.08. The molecule has 4 rings (SSSR count). The monoisotopic (exact) mass is 447 g/mol. The molecule has 1 aliphatic heterocycles. The summed E-state index contributed by atoms with van der Waals surface area (Å²) >= 11 is 1.31. The first-order valence-electron chi connectivity index (χ1n) is 9.50. The molecule has 0 saturated heterocycles. The van der Waals surface area contributed by atoms with Crippen molar-refractivity contribution in [3.05, 3.63) is 77.5 Å². The molecule has 0 unspecified atom stereocenters. The van der Waals surface area contributed by atoms with Crippen LogP contribution in [0.5, 0.6) is 5.75 Å². The maximum absolute atomic E-state index is 13.4. The lowest BCUT2D eigenvalue weighted by molar-refractivity contribution is -0.137. The van der Waals surface area contributed by atoms with Crippen molar-refractivity contribution in [2.24, 2.45) is 0 Å². The van der Waals surface area contributed by atoms with Gasteiger partial charge in [0.05, 0.1) is 29.4 Å². The summed E-state index contributed by atoms with van der Waals surface area (Å²) in [5, 5.41) is 2.61. The Morgan fingerprint density at radius 1 is 1.10 bits per heavy atom. The predicted molar refractivity (Wildman–Crippen MR) is 114 cm³/mol. The number of hydrogen-bond donors (Lipinski definition) is 2. The lowest BCUT2D eigenvalue weighted by Gasteiger charge is -2.34. The van der Waals surface area contributed by atoms with Crippen molar-refractivity contribution < 1.29 is 22.7 Å². The summed E-state index contributed by atoms with van der Waals surface area (Å²) in [5.74, 6) is 0.158. The van der Waals surface area contributed by atoms with Gasteiger partial charge in [-0.25, -0.2) is 0 Å². The van der Waals surface area contributed by atoms with E-state index < -0.39 is 28.9 Å². The molecule has 0 fully saturated rings. The molecule has 1 aromatic heterocycles. The third-order valence-corrected chi connectivity index (χ3v) is 6.38. The van der Waals surface area contributed by atoms with Gasteiger partial charge in [0.25, 0.3) is 0 Å². The molecule has 0 radical (unpaired) electrons. The summed E-state index contributed by atoms with van der Waals surface area (Å²) < 4.78 is 47.2. The Labute approximate surface area is 181 Å². The maximum atomic E-state index is 13.4. The van der Waals surface area contributed by atoms with E-state index in [1.54, 1.807) is 19.2 Å². The number of nitrogens with one attached hydrogen (secondary N) is 2. The van der Waals surface area contributed by atoms with Gasteiger partial charge in [0, 0.05) is 5.69 Å². The van der Waals surface area contributed by atoms with Crippen molar-refractivity contribution in [2.75, 3.05) is 17.9 Å². The highest BCUT2D eigenvalue weighted by molar-refractivity contribution is 8.00. The van der Waals surface area contributed by atoms with Gasteiger partial charge in [0.1, 0.15) is 11.0 Å². The second-order valence-electron chi connectivity index (χ2n) is 7.10. The molecule has 0 bridgehead atoms. The van der Waals surface area contributed by atoms with Crippen LogP contribution in [0.3, 0.4) is 0 Å². The van der Waals surface area contributed by atoms with Crippen molar-refractivity contribution >= 4 is 23.4 Å². The molecule has 9 heteroatoms. The number of benzene rings is 2. The first kappa shape index (κ1) is 21.2. The highest BCUT2D eigenvalue weighted by Crippen LogP contribution is 2.40. The predicted octanol–water partition coefficient (Wildman–Crippen LogP) is 5.22. The molecule has 5 nitrogen and oxygen atoms in total. The molecule has 2 N–H and O–H groups in total. The summed E-state index contributed by atoms with van der Waals surface area (Å²) in [7, 11) is 1.56. The molecular formula is C22H20F3N3O2S. The van der Waals surface area contributed by atoms with Gasteiger partial charge in [-0.1, -0.05) is 36.0 Å². The highest BCUT2D eigenvalue weighted by Gasteiger charge is 2.38. The molecular weight excluding hydrogens is 427 g/mol. The Hall–Kier alpha value is -3.07. The quantitative estimate of drug-likeness (QED) is 0.576. The zero-order valence-electron chi connectivity index (χ0n) is 16.7. The van der Waals surface area contributed by atoms with Crippen LogP contribution < -0.4 is 15.5 Å². The standard InChI is InChI=1S/C22H20F3N3O2S/c1-13-7-12-18-28(13)27-19(14-8-10-15(30-2)11-9-14)20(31-18)21(29)26-17-6-4-3-5-16(17)22(23,24)25/h3-12,19-20,27H,1-2H3,(H,26,29)/t19-,20+/m0/s1. The van der Waals surface area contributed by atoms with E-state index in [9.17, 15) is 18.0 Å². The minimum Gasteiger partial charge on any atom is -0.497 e. The molecule has 31 heavy (non-hydrogen) atoms. The molecule has 1 aliphatic rings. The minimum absolute atomic E-state index is 0.258. The summed E-state index contributed by atoms with van der Waals surface area (Å²) in [4.78, 5) is 13.2. The fourth-order valence-corrected chi connectivity index (χ4v) is 4.71. The second kappa shape index (κ2) is 8.22. The van der Waals surface area contributed by atoms with Crippen LogP contribution in [0.2, 0.25) is 0 Å². The molecule has 2 atom stereocenters. The van der Waals surface area contributed by atoms with Crippen LogP contribution >= 0.6 is 11.8 Å². The van der Waals surface area contributed by atoms with E-state index in [2.05, 4.69) is 10.7 Å². The summed E-state index contributed by atoms with van der Waals surface area (Å²) in [6.45, 7) is 1.93. The number of methoxy groups -OCH3 is 1. The number of rotatable bonds is 4. The number of carbonyl (C=O) groups is 1. The van der Waals surface area contributed by atoms with Crippen molar-refractivity contribution in [1.29, 1.82) is 0 Å². The Morgan fingerprint density at radius 3 is 2.48 bits per heavy atom. The smallest absolute Gasteiger partial charge is 0.418 e. The van der Waals surface area contributed by atoms with Crippen LogP contribution in [0.25, 0.3) is 0 Å². The fourth-order valence-electron chi connectivity index (χ4n) is 3.49. The summed E-state index contributed by atoms with van der Waals surface area (Å²) in [6, 6.07) is 15.6. The van der Waals surface area contributed by atoms with Crippen LogP contribution in [0.15, 0.2) is 65.7 Å². The van der Waals surface area contributed by atoms with Crippen LogP contribution in [-0.2, 0) is 11.0 Å². The van der Waals surface area contributed by atoms with Gasteiger partial charge in [0.2, 0.25) is 5.91 Å². The number of anilines is 1. The molecule has 3 aromatic rings. The van der Waals surface area contributed by atoms with Gasteiger partial charge in [0.15, 0.2) is 0 Å². The number of hydrogen-bond acceptors (Lipinski definition) is 4. The number of aryl methyl sites for hydroxylation is 1. The topological polar surface area (TPSA) is 55.3 Å². The number of amides is 1. The molecule has 162 valence electrons. The van der Waals surface area contributed by atoms with Gasteiger partial charge in [-0.3, -0.25) is 9.47 Å². The average Bonchev–Trinajstić information content (AvgIpc) is 3.12. The molecule has 0 spiro atoms. The molecule has 1 amide bonds. The van der Waals surface area contributed by atoms with Gasteiger partial charge in [-0.05, 0) is 48.9 Å². The van der Waals surface area contributed by atoms with Gasteiger partial charge < -0.3 is 15.5 Å². The number of fused-ring (bicyclic) bond motifs is 1. The van der Waals surface area contributed by atoms with Gasteiger partial charge >= 0.3 is 6.18 Å². The Kier molecular flexibility index (Phi) is 5.62. The van der Waals surface area contributed by atoms with Crippen LogP contribution in [-0.4, -0.2) is 22.9 Å². The lowest BCUT2D eigenvalue weighted by Crippen LogP contribution is -2.41. The highest BCUT2D eigenvalue weighted by atomic mass is 32.2. The van der Waals surface area contributed by atoms with E-state index in [0.717, 1.165) is 22.3 Å². The lowest BCUT2D eigenvalue weighted by atomic mass is 10.0. The van der Waals surface area contributed by atoms with Crippen molar-refractivity contribution in [1.82, 2.24) is 4.68 Å². The van der Waals surface area contributed by atoms with E-state index in [0.29, 0.717) is 5.75 Å². The molecule has 0 saturated carbocycles.